The maximum absolute atomic E-state index is 11.3. The summed E-state index contributed by atoms with van der Waals surface area (Å²) in [6, 6.07) is 3.54. The lowest BCUT2D eigenvalue weighted by Crippen LogP contribution is -2.14. The standard InChI is InChI=1S/C10H13N5OS/c1-2-6-17-7-5-11-8-3-4-9-12-13-10(16)15(9)14-8/h2-4H,1,5-7H2,(H,11,14)(H,13,16). The van der Waals surface area contributed by atoms with Crippen LogP contribution in [-0.2, 0) is 0 Å². The van der Waals surface area contributed by atoms with Crippen LogP contribution in [0.4, 0.5) is 5.82 Å². The van der Waals surface area contributed by atoms with Crippen molar-refractivity contribution in [3.05, 3.63) is 35.3 Å². The third-order valence-electron chi connectivity index (χ3n) is 2.06. The molecule has 0 atom stereocenters. The van der Waals surface area contributed by atoms with Crippen molar-refractivity contribution in [2.45, 2.75) is 0 Å². The third kappa shape index (κ3) is 2.88. The van der Waals surface area contributed by atoms with Crippen molar-refractivity contribution in [1.82, 2.24) is 19.8 Å². The maximum atomic E-state index is 11.3. The molecule has 7 heteroatoms. The molecule has 2 aromatic rings. The molecule has 0 radical (unpaired) electrons. The van der Waals surface area contributed by atoms with Gasteiger partial charge in [-0.15, -0.1) is 11.7 Å². The van der Waals surface area contributed by atoms with Gasteiger partial charge in [-0.2, -0.15) is 21.4 Å². The van der Waals surface area contributed by atoms with E-state index in [-0.39, 0.29) is 5.69 Å². The van der Waals surface area contributed by atoms with Crippen molar-refractivity contribution in [2.75, 3.05) is 23.4 Å². The molecule has 0 spiro atoms. The van der Waals surface area contributed by atoms with Crippen LogP contribution in [0.2, 0.25) is 0 Å². The van der Waals surface area contributed by atoms with E-state index >= 15 is 0 Å². The number of aromatic amines is 1. The summed E-state index contributed by atoms with van der Waals surface area (Å²) >= 11 is 1.79. The fourth-order valence-corrected chi connectivity index (χ4v) is 1.89. The Labute approximate surface area is 102 Å². The first-order chi connectivity index (χ1) is 8.31. The van der Waals surface area contributed by atoms with Crippen LogP contribution >= 0.6 is 11.8 Å². The molecule has 0 amide bonds. The summed E-state index contributed by atoms with van der Waals surface area (Å²) in [4.78, 5) is 11.3. The van der Waals surface area contributed by atoms with E-state index in [0.717, 1.165) is 18.1 Å². The average molecular weight is 251 g/mol. The molecule has 0 fully saturated rings. The second-order valence-corrected chi connectivity index (χ2v) is 4.46. The van der Waals surface area contributed by atoms with E-state index < -0.39 is 0 Å². The highest BCUT2D eigenvalue weighted by molar-refractivity contribution is 7.99. The van der Waals surface area contributed by atoms with Crippen molar-refractivity contribution < 1.29 is 0 Å². The number of fused-ring (bicyclic) bond motifs is 1. The zero-order valence-corrected chi connectivity index (χ0v) is 10.0. The highest BCUT2D eigenvalue weighted by atomic mass is 32.2. The molecule has 0 unspecified atom stereocenters. The van der Waals surface area contributed by atoms with E-state index in [2.05, 4.69) is 27.2 Å². The Morgan fingerprint density at radius 3 is 3.29 bits per heavy atom. The predicted octanol–water partition coefficient (Wildman–Crippen LogP) is 0.749. The summed E-state index contributed by atoms with van der Waals surface area (Å²) < 4.78 is 1.24. The molecular formula is C10H13N5OS. The van der Waals surface area contributed by atoms with Gasteiger partial charge in [0.05, 0.1) is 0 Å². The summed E-state index contributed by atoms with van der Waals surface area (Å²) in [5.41, 5.74) is 0.186. The quantitative estimate of drug-likeness (QED) is 0.585. The summed E-state index contributed by atoms with van der Waals surface area (Å²) in [7, 11) is 0. The first kappa shape index (κ1) is 11.7. The van der Waals surface area contributed by atoms with Crippen LogP contribution in [-0.4, -0.2) is 37.9 Å². The topological polar surface area (TPSA) is 75.1 Å². The van der Waals surface area contributed by atoms with Crippen molar-refractivity contribution in [3.8, 4) is 0 Å². The minimum absolute atomic E-state index is 0.329. The van der Waals surface area contributed by atoms with Crippen LogP contribution in [0.3, 0.4) is 0 Å². The molecule has 2 N–H and O–H groups in total. The van der Waals surface area contributed by atoms with Gasteiger partial charge in [0.1, 0.15) is 5.82 Å². The Balaban J connectivity index is 1.97. The highest BCUT2D eigenvalue weighted by Gasteiger charge is 2.01. The van der Waals surface area contributed by atoms with Gasteiger partial charge in [0.25, 0.3) is 0 Å². The monoisotopic (exact) mass is 251 g/mol. The molecule has 0 aliphatic carbocycles. The fourth-order valence-electron chi connectivity index (χ4n) is 1.32. The van der Waals surface area contributed by atoms with Crippen molar-refractivity contribution in [2.24, 2.45) is 0 Å². The molecule has 2 aromatic heterocycles. The number of hydrogen-bond acceptors (Lipinski definition) is 5. The summed E-state index contributed by atoms with van der Waals surface area (Å²) in [6.45, 7) is 4.45. The zero-order valence-electron chi connectivity index (χ0n) is 9.22. The summed E-state index contributed by atoms with van der Waals surface area (Å²) in [6.07, 6.45) is 1.88. The fraction of sp³-hybridized carbons (Fsp3) is 0.300. The molecule has 0 bridgehead atoms. The molecule has 0 aliphatic rings. The van der Waals surface area contributed by atoms with Gasteiger partial charge in [-0.05, 0) is 12.1 Å². The second-order valence-electron chi connectivity index (χ2n) is 3.31. The average Bonchev–Trinajstić information content (AvgIpc) is 2.71. The van der Waals surface area contributed by atoms with Gasteiger partial charge in [-0.1, -0.05) is 6.08 Å². The van der Waals surface area contributed by atoms with Crippen molar-refractivity contribution in [3.63, 3.8) is 0 Å². The van der Waals surface area contributed by atoms with E-state index in [1.807, 2.05) is 6.08 Å². The molecule has 6 nitrogen and oxygen atoms in total. The number of aromatic nitrogens is 4. The van der Waals surface area contributed by atoms with Gasteiger partial charge in [-0.25, -0.2) is 9.89 Å². The largest absolute Gasteiger partial charge is 0.368 e. The molecule has 17 heavy (non-hydrogen) atoms. The van der Waals surface area contributed by atoms with Crippen molar-refractivity contribution >= 4 is 23.2 Å². The van der Waals surface area contributed by atoms with Crippen LogP contribution in [0, 0.1) is 0 Å². The van der Waals surface area contributed by atoms with Crippen LogP contribution in [0.1, 0.15) is 0 Å². The number of nitrogens with one attached hydrogen (secondary N) is 2. The van der Waals surface area contributed by atoms with E-state index in [0.29, 0.717) is 11.5 Å². The Kier molecular flexibility index (Phi) is 3.81. The Morgan fingerprint density at radius 1 is 1.59 bits per heavy atom. The van der Waals surface area contributed by atoms with Crippen LogP contribution in [0.5, 0.6) is 0 Å². The number of hydrogen-bond donors (Lipinski definition) is 2. The smallest absolute Gasteiger partial charge is 0.364 e. The van der Waals surface area contributed by atoms with Gasteiger partial charge in [0, 0.05) is 18.1 Å². The molecule has 90 valence electrons. The lowest BCUT2D eigenvalue weighted by molar-refractivity contribution is 0.878. The van der Waals surface area contributed by atoms with Crippen LogP contribution in [0.15, 0.2) is 29.6 Å². The molecule has 0 aromatic carbocycles. The molecule has 0 saturated carbocycles. The second kappa shape index (κ2) is 5.53. The molecule has 2 heterocycles. The zero-order chi connectivity index (χ0) is 12.1. The predicted molar refractivity (Wildman–Crippen MR) is 69.6 cm³/mol. The number of nitrogens with zero attached hydrogens (tertiary/aromatic N) is 3. The van der Waals surface area contributed by atoms with Gasteiger partial charge in [0.15, 0.2) is 5.65 Å². The maximum Gasteiger partial charge on any atom is 0.364 e. The molecular weight excluding hydrogens is 238 g/mol. The first-order valence-electron chi connectivity index (χ1n) is 5.18. The van der Waals surface area contributed by atoms with E-state index in [1.54, 1.807) is 23.9 Å². The van der Waals surface area contributed by atoms with Crippen LogP contribution in [0.25, 0.3) is 5.65 Å². The van der Waals surface area contributed by atoms with Crippen molar-refractivity contribution in [1.29, 1.82) is 0 Å². The van der Waals surface area contributed by atoms with Gasteiger partial charge < -0.3 is 5.32 Å². The minimum Gasteiger partial charge on any atom is -0.368 e. The summed E-state index contributed by atoms with van der Waals surface area (Å²) in [5, 5.41) is 13.4. The third-order valence-corrected chi connectivity index (χ3v) is 3.03. The van der Waals surface area contributed by atoms with E-state index in [9.17, 15) is 4.79 Å². The normalized spacial score (nSPS) is 10.6. The molecule has 0 aliphatic heterocycles. The molecule has 2 rings (SSSR count). The van der Waals surface area contributed by atoms with Gasteiger partial charge in [-0.3, -0.25) is 0 Å². The number of rotatable bonds is 6. The lowest BCUT2D eigenvalue weighted by Gasteiger charge is -2.04. The summed E-state index contributed by atoms with van der Waals surface area (Å²) in [5.74, 6) is 2.57. The van der Waals surface area contributed by atoms with Gasteiger partial charge in [0.2, 0.25) is 0 Å². The Morgan fingerprint density at radius 2 is 2.47 bits per heavy atom. The van der Waals surface area contributed by atoms with E-state index in [1.165, 1.54) is 4.52 Å². The highest BCUT2D eigenvalue weighted by Crippen LogP contribution is 2.04. The lowest BCUT2D eigenvalue weighted by atomic mass is 10.5. The number of anilines is 1. The van der Waals surface area contributed by atoms with E-state index in [4.69, 9.17) is 0 Å². The number of H-pyrrole nitrogens is 1. The van der Waals surface area contributed by atoms with Gasteiger partial charge >= 0.3 is 5.69 Å². The first-order valence-corrected chi connectivity index (χ1v) is 6.33. The SMILES string of the molecule is C=CCSCCNc1ccc2n[nH]c(=O)n2n1. The Hall–Kier alpha value is -1.76. The van der Waals surface area contributed by atoms with Crippen LogP contribution < -0.4 is 11.0 Å². The Bertz CT molecular complexity index is 561. The minimum atomic E-state index is -0.329. The molecule has 0 saturated heterocycles. The number of thioether (sulfide) groups is 1.